The van der Waals surface area contributed by atoms with Gasteiger partial charge in [0.25, 0.3) is 0 Å². The Kier molecular flexibility index (Phi) is 3.72. The van der Waals surface area contributed by atoms with Crippen molar-refractivity contribution in [1.29, 1.82) is 0 Å². The first-order valence-electron chi connectivity index (χ1n) is 4.52. The van der Waals surface area contributed by atoms with Crippen LogP contribution in [-0.4, -0.2) is 17.6 Å². The van der Waals surface area contributed by atoms with Gasteiger partial charge in [-0.3, -0.25) is 0 Å². The van der Waals surface area contributed by atoms with Gasteiger partial charge in [0, 0.05) is 0 Å². The number of nitrogens with two attached hydrogens (primary N) is 1. The van der Waals surface area contributed by atoms with Crippen LogP contribution in [0.4, 0.5) is 15.8 Å². The van der Waals surface area contributed by atoms with Crippen LogP contribution in [0.3, 0.4) is 0 Å². The van der Waals surface area contributed by atoms with Crippen molar-refractivity contribution in [2.45, 2.75) is 6.92 Å². The molecule has 0 aromatic heterocycles. The maximum atomic E-state index is 13.1. The first kappa shape index (κ1) is 11.9. The monoisotopic (exact) mass is 222 g/mol. The number of benzene rings is 1. The van der Waals surface area contributed by atoms with E-state index in [1.165, 1.54) is 6.07 Å². The maximum Gasteiger partial charge on any atom is 0.340 e. The molecular weight excluding hydrogens is 211 g/mol. The van der Waals surface area contributed by atoms with Gasteiger partial charge in [-0.1, -0.05) is 5.92 Å². The standard InChI is InChI=1S/C11H11FN2O2/c1-2-3-6-14-8-5-4-7(12)10(13)9(8)11(15)16/h4-5,14H,6,13H2,1H3,(H,15,16). The third-order valence-corrected chi connectivity index (χ3v) is 1.95. The highest BCUT2D eigenvalue weighted by Gasteiger charge is 2.16. The molecule has 0 saturated heterocycles. The molecule has 0 aliphatic heterocycles. The zero-order chi connectivity index (χ0) is 12.1. The van der Waals surface area contributed by atoms with Crippen molar-refractivity contribution in [3.8, 4) is 11.8 Å². The molecule has 1 aromatic rings. The van der Waals surface area contributed by atoms with Crippen LogP contribution in [0.15, 0.2) is 12.1 Å². The van der Waals surface area contributed by atoms with Crippen molar-refractivity contribution in [3.63, 3.8) is 0 Å². The van der Waals surface area contributed by atoms with Gasteiger partial charge in [-0.15, -0.1) is 5.92 Å². The zero-order valence-corrected chi connectivity index (χ0v) is 8.67. The van der Waals surface area contributed by atoms with Crippen molar-refractivity contribution >= 4 is 17.3 Å². The fourth-order valence-corrected chi connectivity index (χ4v) is 1.20. The van der Waals surface area contributed by atoms with Gasteiger partial charge in [-0.25, -0.2) is 9.18 Å². The van der Waals surface area contributed by atoms with Crippen molar-refractivity contribution in [2.75, 3.05) is 17.6 Å². The minimum absolute atomic E-state index is 0.258. The van der Waals surface area contributed by atoms with E-state index in [2.05, 4.69) is 17.2 Å². The Labute approximate surface area is 92.3 Å². The van der Waals surface area contributed by atoms with E-state index in [-0.39, 0.29) is 23.5 Å². The third-order valence-electron chi connectivity index (χ3n) is 1.95. The summed E-state index contributed by atoms with van der Waals surface area (Å²) in [6.45, 7) is 1.95. The van der Waals surface area contributed by atoms with E-state index < -0.39 is 11.8 Å². The summed E-state index contributed by atoms with van der Waals surface area (Å²) in [6.07, 6.45) is 0. The number of aromatic carboxylic acids is 1. The number of rotatable bonds is 3. The van der Waals surface area contributed by atoms with Crippen molar-refractivity contribution < 1.29 is 14.3 Å². The van der Waals surface area contributed by atoms with E-state index in [1.807, 2.05) is 0 Å². The molecule has 4 nitrogen and oxygen atoms in total. The second-order valence-electron chi connectivity index (χ2n) is 2.97. The number of hydrogen-bond donors (Lipinski definition) is 3. The fraction of sp³-hybridized carbons (Fsp3) is 0.182. The van der Waals surface area contributed by atoms with Crippen LogP contribution in [0.5, 0.6) is 0 Å². The summed E-state index contributed by atoms with van der Waals surface area (Å²) in [5, 5.41) is 11.7. The van der Waals surface area contributed by atoms with Gasteiger partial charge in [0.05, 0.1) is 17.9 Å². The van der Waals surface area contributed by atoms with E-state index in [0.717, 1.165) is 6.07 Å². The Morgan fingerprint density at radius 3 is 2.88 bits per heavy atom. The quantitative estimate of drug-likeness (QED) is 0.535. The Bertz CT molecular complexity index is 475. The average Bonchev–Trinajstić information content (AvgIpc) is 2.23. The lowest BCUT2D eigenvalue weighted by atomic mass is 10.1. The van der Waals surface area contributed by atoms with Crippen molar-refractivity contribution in [3.05, 3.63) is 23.5 Å². The number of nitrogen functional groups attached to an aromatic ring is 1. The Hall–Kier alpha value is -2.22. The molecule has 0 aliphatic carbocycles. The summed E-state index contributed by atoms with van der Waals surface area (Å²) >= 11 is 0. The zero-order valence-electron chi connectivity index (χ0n) is 8.67. The summed E-state index contributed by atoms with van der Waals surface area (Å²) in [7, 11) is 0. The predicted octanol–water partition coefficient (Wildman–Crippen LogP) is 1.54. The molecule has 0 unspecified atom stereocenters. The van der Waals surface area contributed by atoms with Gasteiger partial charge in [0.2, 0.25) is 0 Å². The minimum Gasteiger partial charge on any atom is -0.478 e. The van der Waals surface area contributed by atoms with E-state index in [4.69, 9.17) is 10.8 Å². The fourth-order valence-electron chi connectivity index (χ4n) is 1.20. The highest BCUT2D eigenvalue weighted by molar-refractivity contribution is 6.00. The molecule has 0 aliphatic rings. The van der Waals surface area contributed by atoms with Gasteiger partial charge in [0.1, 0.15) is 11.4 Å². The van der Waals surface area contributed by atoms with Crippen LogP contribution < -0.4 is 11.1 Å². The first-order valence-corrected chi connectivity index (χ1v) is 4.52. The number of nitrogens with one attached hydrogen (secondary N) is 1. The largest absolute Gasteiger partial charge is 0.478 e. The summed E-state index contributed by atoms with van der Waals surface area (Å²) in [6, 6.07) is 2.44. The summed E-state index contributed by atoms with van der Waals surface area (Å²) in [5.41, 5.74) is 4.98. The van der Waals surface area contributed by atoms with E-state index in [1.54, 1.807) is 6.92 Å². The van der Waals surface area contributed by atoms with Crippen molar-refractivity contribution in [2.24, 2.45) is 0 Å². The molecule has 0 heterocycles. The van der Waals surface area contributed by atoms with Crippen LogP contribution in [0.1, 0.15) is 17.3 Å². The number of anilines is 2. The minimum atomic E-state index is -1.27. The average molecular weight is 222 g/mol. The molecule has 0 amide bonds. The Morgan fingerprint density at radius 1 is 1.62 bits per heavy atom. The van der Waals surface area contributed by atoms with Gasteiger partial charge < -0.3 is 16.2 Å². The van der Waals surface area contributed by atoms with E-state index in [0.29, 0.717) is 0 Å². The molecule has 0 atom stereocenters. The normalized spacial score (nSPS) is 9.12. The Morgan fingerprint density at radius 2 is 2.31 bits per heavy atom. The first-order chi connectivity index (χ1) is 7.57. The molecule has 0 spiro atoms. The molecule has 84 valence electrons. The molecular formula is C11H11FN2O2. The highest BCUT2D eigenvalue weighted by Crippen LogP contribution is 2.24. The predicted molar refractivity (Wildman–Crippen MR) is 59.7 cm³/mol. The van der Waals surface area contributed by atoms with Crippen LogP contribution in [0, 0.1) is 17.7 Å². The number of carboxylic acids is 1. The number of hydrogen-bond acceptors (Lipinski definition) is 3. The van der Waals surface area contributed by atoms with Crippen molar-refractivity contribution in [1.82, 2.24) is 0 Å². The molecule has 1 aromatic carbocycles. The molecule has 5 heteroatoms. The summed E-state index contributed by atoms with van der Waals surface area (Å²) in [4.78, 5) is 10.9. The summed E-state index contributed by atoms with van der Waals surface area (Å²) < 4.78 is 13.1. The number of halogens is 1. The second kappa shape index (κ2) is 5.03. The SMILES string of the molecule is CC#CCNc1ccc(F)c(N)c1C(=O)O. The Balaban J connectivity index is 3.11. The second-order valence-corrected chi connectivity index (χ2v) is 2.97. The number of carbonyl (C=O) groups is 1. The van der Waals surface area contributed by atoms with Gasteiger partial charge in [0.15, 0.2) is 0 Å². The topological polar surface area (TPSA) is 75.3 Å². The smallest absolute Gasteiger partial charge is 0.340 e. The molecule has 0 saturated carbocycles. The van der Waals surface area contributed by atoms with Crippen LogP contribution >= 0.6 is 0 Å². The van der Waals surface area contributed by atoms with Gasteiger partial charge >= 0.3 is 5.97 Å². The lowest BCUT2D eigenvalue weighted by Crippen LogP contribution is -2.10. The van der Waals surface area contributed by atoms with Crippen LogP contribution in [0.25, 0.3) is 0 Å². The van der Waals surface area contributed by atoms with Gasteiger partial charge in [-0.05, 0) is 19.1 Å². The van der Waals surface area contributed by atoms with E-state index in [9.17, 15) is 9.18 Å². The molecule has 0 radical (unpaired) electrons. The highest BCUT2D eigenvalue weighted by atomic mass is 19.1. The summed E-state index contributed by atoms with van der Waals surface area (Å²) in [5.74, 6) is 3.34. The molecule has 4 N–H and O–H groups in total. The molecule has 1 rings (SSSR count). The van der Waals surface area contributed by atoms with Gasteiger partial charge in [-0.2, -0.15) is 0 Å². The van der Waals surface area contributed by atoms with Crippen LogP contribution in [0.2, 0.25) is 0 Å². The lowest BCUT2D eigenvalue weighted by Gasteiger charge is -2.09. The van der Waals surface area contributed by atoms with E-state index >= 15 is 0 Å². The lowest BCUT2D eigenvalue weighted by molar-refractivity contribution is 0.0698. The van der Waals surface area contributed by atoms with Crippen LogP contribution in [-0.2, 0) is 0 Å². The molecule has 0 fully saturated rings. The molecule has 0 bridgehead atoms. The maximum absolute atomic E-state index is 13.1. The molecule has 16 heavy (non-hydrogen) atoms. The third kappa shape index (κ3) is 2.42. The number of carboxylic acid groups (broad SMARTS) is 1.